The first-order valence-electron chi connectivity index (χ1n) is 29.2. The Labute approximate surface area is 548 Å². The van der Waals surface area contributed by atoms with E-state index in [2.05, 4.69) is 10.1 Å². The third-order valence-corrected chi connectivity index (χ3v) is 23.9. The minimum Gasteiger partial charge on any atom is -0.465 e. The molecule has 6 aromatic carbocycles. The molecule has 23 heteroatoms. The fourth-order valence-electron chi connectivity index (χ4n) is 11.0. The molecule has 9 aromatic rings. The van der Waals surface area contributed by atoms with E-state index in [1.54, 1.807) is 15.9 Å². The zero-order valence-electron chi connectivity index (χ0n) is 49.9. The monoisotopic (exact) mass is 1360 g/mol. The van der Waals surface area contributed by atoms with E-state index in [0.717, 1.165) is 78.6 Å². The van der Waals surface area contributed by atoms with Crippen LogP contribution in [0.5, 0.6) is 0 Å². The highest BCUT2D eigenvalue weighted by Gasteiger charge is 2.34. The van der Waals surface area contributed by atoms with Gasteiger partial charge in [0.1, 0.15) is 9.75 Å². The van der Waals surface area contributed by atoms with Crippen molar-refractivity contribution in [2.45, 2.75) is 56.7 Å². The van der Waals surface area contributed by atoms with Crippen LogP contribution in [-0.4, -0.2) is 108 Å². The molecule has 0 bridgehead atoms. The van der Waals surface area contributed by atoms with Crippen molar-refractivity contribution in [1.29, 1.82) is 0 Å². The molecule has 0 atom stereocenters. The number of methoxy groups -OCH3 is 2. The minimum atomic E-state index is -3.55. The lowest BCUT2D eigenvalue weighted by Gasteiger charge is -2.28. The zero-order valence-corrected chi connectivity index (χ0v) is 55.6. The van der Waals surface area contributed by atoms with Crippen molar-refractivity contribution < 1.29 is 54.3 Å². The molecule has 0 saturated heterocycles. The van der Waals surface area contributed by atoms with Gasteiger partial charge in [-0.15, -0.1) is 34.0 Å². The van der Waals surface area contributed by atoms with Crippen LogP contribution in [0.3, 0.4) is 0 Å². The highest BCUT2D eigenvalue weighted by atomic mass is 35.7. The number of sulfonamides is 2. The largest absolute Gasteiger partial charge is 0.465 e. The maximum atomic E-state index is 13.4. The van der Waals surface area contributed by atoms with Gasteiger partial charge >= 0.3 is 11.9 Å². The number of halogens is 1. The van der Waals surface area contributed by atoms with Crippen LogP contribution < -0.4 is 10.8 Å². The fraction of sp³-hybridized carbons (Fsp3) is 0.250. The number of hydroxylamine groups is 1. The summed E-state index contributed by atoms with van der Waals surface area (Å²) >= 11 is 4.07. The number of benzene rings is 6. The first-order valence-corrected chi connectivity index (χ1v) is 37.3. The zero-order chi connectivity index (χ0) is 64.5. The summed E-state index contributed by atoms with van der Waals surface area (Å²) in [6.45, 7) is 3.24. The van der Waals surface area contributed by atoms with Gasteiger partial charge < -0.3 is 14.8 Å². The van der Waals surface area contributed by atoms with E-state index in [0.29, 0.717) is 42.2 Å². The van der Waals surface area contributed by atoms with E-state index in [9.17, 15) is 39.6 Å². The average Bonchev–Trinajstić information content (AvgIpc) is 2.00. The topological polar surface area (TPSA) is 223 Å². The number of carbonyl (C=O) groups excluding carboxylic acids is 3. The Bertz CT molecular complexity index is 3890. The number of nitrogens with zero attached hydrogens (tertiary/aromatic N) is 2. The molecular weight excluding hydrogens is 1290 g/mol. The van der Waals surface area contributed by atoms with Crippen molar-refractivity contribution in [1.82, 2.24) is 19.4 Å². The Morgan fingerprint density at radius 3 is 1.11 bits per heavy atom. The third-order valence-electron chi connectivity index (χ3n) is 15.7. The Morgan fingerprint density at radius 2 is 0.791 bits per heavy atom. The standard InChI is InChI=1S/C23H23NO4S2.C22H22N2O4S2.C14H13ClO2S.C9H11NO2S/c1-28-23(25)21-14-19-12-13-24(15-22(19)29-21)30(26,27)16-20(17-8-4-2-5-9-17)18-10-6-3-7-11-18;25-22(23-26)20-13-18-11-12-24(14-21(18)29-20)30(27,28)15-19(16-7-3-1-4-8-16)17-9-5-2-6-10-17;15-18(16,17)11-14(12-7-3-1-4-8-12)13-9-5-2-6-10-13;1-12-9(11)7-4-6-2-3-10-5-8(6)13-7/h2-11,14,20H,12-13,15-16H2,1H3;1-10,13,19,26H,11-12,14-15H2,(H,23,25);1-10,14H,11H2;4,10H,2-3,5H2,1H3. The van der Waals surface area contributed by atoms with Crippen molar-refractivity contribution in [3.63, 3.8) is 0 Å². The number of esters is 2. The molecule has 0 radical (unpaired) electrons. The number of hydrogen-bond acceptors (Lipinski definition) is 16. The van der Waals surface area contributed by atoms with Gasteiger partial charge in [-0.1, -0.05) is 182 Å². The van der Waals surface area contributed by atoms with E-state index >= 15 is 0 Å². The molecule has 12 rings (SSSR count). The molecule has 3 N–H and O–H groups in total. The van der Waals surface area contributed by atoms with Crippen molar-refractivity contribution in [3.8, 4) is 0 Å². The van der Waals surface area contributed by atoms with E-state index in [1.807, 2.05) is 194 Å². The number of nitrogens with one attached hydrogen (secondary N) is 2. The van der Waals surface area contributed by atoms with Crippen LogP contribution in [-0.2, 0) is 77.5 Å². The Morgan fingerprint density at radius 1 is 0.484 bits per heavy atom. The van der Waals surface area contributed by atoms with Crippen LogP contribution in [0.25, 0.3) is 0 Å². The molecular formula is C68H69ClN4O12S6. The first kappa shape index (κ1) is 68.2. The SMILES string of the molecule is COC(=O)c1cc2c(s1)CN(S(=O)(=O)CC(c1ccccc1)c1ccccc1)CC2.COC(=O)c1cc2c(s1)CNCC2.O=C(NO)c1cc2c(s1)CN(S(=O)(=O)CC(c1ccccc1)c1ccccc1)CC2.O=S(=O)(Cl)CC(c1ccccc1)c1ccccc1. The molecule has 3 aliphatic heterocycles. The number of rotatable bonds is 17. The molecule has 3 aliphatic rings. The highest BCUT2D eigenvalue weighted by molar-refractivity contribution is 8.13. The van der Waals surface area contributed by atoms with E-state index in [1.165, 1.54) is 63.0 Å². The van der Waals surface area contributed by atoms with E-state index in [4.69, 9.17) is 20.6 Å². The van der Waals surface area contributed by atoms with Crippen LogP contribution in [0, 0.1) is 0 Å². The van der Waals surface area contributed by atoms with Crippen LogP contribution in [0.2, 0.25) is 0 Å². The van der Waals surface area contributed by atoms with Crippen molar-refractivity contribution in [3.05, 3.63) is 280 Å². The van der Waals surface area contributed by atoms with Gasteiger partial charge in [-0.3, -0.25) is 10.0 Å². The predicted molar refractivity (Wildman–Crippen MR) is 360 cm³/mol. The molecule has 0 saturated carbocycles. The van der Waals surface area contributed by atoms with Gasteiger partial charge in [-0.05, 0) is 94.1 Å². The number of amides is 1. The number of fused-ring (bicyclic) bond motifs is 3. The maximum Gasteiger partial charge on any atom is 0.348 e. The molecule has 3 aromatic heterocycles. The van der Waals surface area contributed by atoms with Crippen molar-refractivity contribution >= 4 is 91.6 Å². The number of hydrogen-bond donors (Lipinski definition) is 3. The summed E-state index contributed by atoms with van der Waals surface area (Å²) in [5.74, 6) is -2.02. The van der Waals surface area contributed by atoms with Gasteiger partial charge in [0.05, 0.1) is 36.4 Å². The van der Waals surface area contributed by atoms with Gasteiger partial charge in [0.25, 0.3) is 5.91 Å². The quantitative estimate of drug-likeness (QED) is 0.0334. The van der Waals surface area contributed by atoms with Crippen LogP contribution >= 0.6 is 44.7 Å². The molecule has 0 spiro atoms. The lowest BCUT2D eigenvalue weighted by atomic mass is 9.93. The number of carbonyl (C=O) groups is 3. The van der Waals surface area contributed by atoms with Crippen LogP contribution in [0.15, 0.2) is 200 Å². The Hall–Kier alpha value is -7.19. The summed E-state index contributed by atoms with van der Waals surface area (Å²) < 4.78 is 88.7. The van der Waals surface area contributed by atoms with E-state index < -0.39 is 35.0 Å². The van der Waals surface area contributed by atoms with Gasteiger partial charge in [-0.25, -0.2) is 40.3 Å². The second-order valence-electron chi connectivity index (χ2n) is 21.6. The van der Waals surface area contributed by atoms with E-state index in [-0.39, 0.29) is 53.5 Å². The molecule has 1 amide bonds. The number of thiophene rings is 3. The predicted octanol–water partition coefficient (Wildman–Crippen LogP) is 12.0. The summed E-state index contributed by atoms with van der Waals surface area (Å²) in [5, 5.41) is 12.1. The Balaban J connectivity index is 0.000000151. The summed E-state index contributed by atoms with van der Waals surface area (Å²) in [6, 6.07) is 63.4. The average molecular weight is 1360 g/mol. The van der Waals surface area contributed by atoms with Gasteiger partial charge in [-0.2, -0.15) is 8.61 Å². The number of ether oxygens (including phenoxy) is 2. The molecule has 16 nitrogen and oxygen atoms in total. The van der Waals surface area contributed by atoms with Crippen LogP contribution in [0.4, 0.5) is 0 Å². The molecule has 91 heavy (non-hydrogen) atoms. The summed E-state index contributed by atoms with van der Waals surface area (Å²) in [7, 11) is -2.44. The molecule has 0 fully saturated rings. The summed E-state index contributed by atoms with van der Waals surface area (Å²) in [6.07, 6.45) is 2.16. The molecule has 0 aliphatic carbocycles. The van der Waals surface area contributed by atoms with Crippen LogP contribution in [0.1, 0.15) is 111 Å². The molecule has 6 heterocycles. The summed E-state index contributed by atoms with van der Waals surface area (Å²) in [4.78, 5) is 39.4. The normalized spacial score (nSPS) is 14.0. The molecule has 476 valence electrons. The Kier molecular flexibility index (Phi) is 23.9. The summed E-state index contributed by atoms with van der Waals surface area (Å²) in [5.41, 5.74) is 10.7. The van der Waals surface area contributed by atoms with Crippen molar-refractivity contribution in [2.24, 2.45) is 0 Å². The second kappa shape index (κ2) is 31.9. The van der Waals surface area contributed by atoms with Gasteiger partial charge in [0.2, 0.25) is 29.1 Å². The van der Waals surface area contributed by atoms with Crippen molar-refractivity contribution in [2.75, 3.05) is 51.1 Å². The minimum absolute atomic E-state index is 0.00555. The first-order chi connectivity index (χ1) is 43.8. The highest BCUT2D eigenvalue weighted by Crippen LogP contribution is 2.36. The fourth-order valence-corrected chi connectivity index (χ4v) is 19.1. The smallest absolute Gasteiger partial charge is 0.348 e. The third kappa shape index (κ3) is 18.5. The lowest BCUT2D eigenvalue weighted by Crippen LogP contribution is -2.38. The lowest BCUT2D eigenvalue weighted by molar-refractivity contribution is 0.0597. The van der Waals surface area contributed by atoms with Gasteiger partial charge in [0, 0.05) is 75.8 Å². The maximum absolute atomic E-state index is 13.4. The molecule has 0 unspecified atom stereocenters. The second-order valence-corrected chi connectivity index (χ2v) is 31.8. The van der Waals surface area contributed by atoms with Gasteiger partial charge in [0.15, 0.2) is 0 Å².